The SMILES string of the molecule is CCCNC1CCCN(CCc2ccc(OC)cc2)C1=O. The van der Waals surface area contributed by atoms with E-state index in [4.69, 9.17) is 4.74 Å². The average molecular weight is 290 g/mol. The van der Waals surface area contributed by atoms with Crippen LogP contribution >= 0.6 is 0 Å². The van der Waals surface area contributed by atoms with Gasteiger partial charge in [-0.2, -0.15) is 0 Å². The van der Waals surface area contributed by atoms with Gasteiger partial charge in [0, 0.05) is 13.1 Å². The number of rotatable bonds is 7. The van der Waals surface area contributed by atoms with Crippen molar-refractivity contribution in [3.05, 3.63) is 29.8 Å². The molecular weight excluding hydrogens is 264 g/mol. The van der Waals surface area contributed by atoms with Crippen LogP contribution in [0.5, 0.6) is 5.75 Å². The van der Waals surface area contributed by atoms with Crippen LogP contribution in [-0.2, 0) is 11.2 Å². The molecule has 1 fully saturated rings. The van der Waals surface area contributed by atoms with Crippen molar-refractivity contribution in [1.29, 1.82) is 0 Å². The number of hydrogen-bond donors (Lipinski definition) is 1. The number of ether oxygens (including phenoxy) is 1. The average Bonchev–Trinajstić information content (AvgIpc) is 2.53. The molecular formula is C17H26N2O2. The lowest BCUT2D eigenvalue weighted by Crippen LogP contribution is -2.51. The van der Waals surface area contributed by atoms with Crippen LogP contribution in [0, 0.1) is 0 Å². The molecule has 1 aliphatic heterocycles. The van der Waals surface area contributed by atoms with E-state index in [0.717, 1.165) is 51.1 Å². The van der Waals surface area contributed by atoms with Gasteiger partial charge in [-0.1, -0.05) is 19.1 Å². The Morgan fingerprint density at radius 3 is 2.76 bits per heavy atom. The number of benzene rings is 1. The molecule has 0 radical (unpaired) electrons. The first-order chi connectivity index (χ1) is 10.2. The normalized spacial score (nSPS) is 18.9. The Kier molecular flexibility index (Phi) is 6.05. The molecule has 2 rings (SSSR count). The highest BCUT2D eigenvalue weighted by atomic mass is 16.5. The van der Waals surface area contributed by atoms with E-state index < -0.39 is 0 Å². The number of hydrogen-bond acceptors (Lipinski definition) is 3. The maximum Gasteiger partial charge on any atom is 0.239 e. The Morgan fingerprint density at radius 1 is 1.33 bits per heavy atom. The molecule has 1 aliphatic rings. The molecule has 0 aromatic heterocycles. The largest absolute Gasteiger partial charge is 0.497 e. The van der Waals surface area contributed by atoms with Crippen molar-refractivity contribution in [3.8, 4) is 5.75 Å². The fourth-order valence-corrected chi connectivity index (χ4v) is 2.73. The summed E-state index contributed by atoms with van der Waals surface area (Å²) in [5, 5.41) is 3.36. The predicted octanol–water partition coefficient (Wildman–Crippen LogP) is 2.23. The molecule has 0 saturated carbocycles. The summed E-state index contributed by atoms with van der Waals surface area (Å²) in [5.74, 6) is 1.14. The van der Waals surface area contributed by atoms with Crippen LogP contribution < -0.4 is 10.1 Å². The fraction of sp³-hybridized carbons (Fsp3) is 0.588. The number of carbonyl (C=O) groups is 1. The molecule has 0 bridgehead atoms. The summed E-state index contributed by atoms with van der Waals surface area (Å²) in [4.78, 5) is 14.4. The third-order valence-electron chi connectivity index (χ3n) is 4.00. The molecule has 0 aliphatic carbocycles. The lowest BCUT2D eigenvalue weighted by atomic mass is 10.0. The monoisotopic (exact) mass is 290 g/mol. The minimum absolute atomic E-state index is 0.0227. The van der Waals surface area contributed by atoms with Crippen molar-refractivity contribution in [1.82, 2.24) is 10.2 Å². The van der Waals surface area contributed by atoms with Crippen LogP contribution in [-0.4, -0.2) is 43.6 Å². The quantitative estimate of drug-likeness (QED) is 0.837. The van der Waals surface area contributed by atoms with Crippen LogP contribution in [0.15, 0.2) is 24.3 Å². The zero-order chi connectivity index (χ0) is 15.1. The fourth-order valence-electron chi connectivity index (χ4n) is 2.73. The van der Waals surface area contributed by atoms with E-state index in [0.29, 0.717) is 0 Å². The van der Waals surface area contributed by atoms with E-state index in [1.807, 2.05) is 17.0 Å². The van der Waals surface area contributed by atoms with Crippen LogP contribution in [0.2, 0.25) is 0 Å². The van der Waals surface area contributed by atoms with Crippen molar-refractivity contribution in [2.24, 2.45) is 0 Å². The zero-order valence-electron chi connectivity index (χ0n) is 13.1. The van der Waals surface area contributed by atoms with Gasteiger partial charge in [0.05, 0.1) is 13.2 Å². The van der Waals surface area contributed by atoms with E-state index in [2.05, 4.69) is 24.4 Å². The molecule has 1 unspecified atom stereocenters. The summed E-state index contributed by atoms with van der Waals surface area (Å²) < 4.78 is 5.16. The minimum Gasteiger partial charge on any atom is -0.497 e. The van der Waals surface area contributed by atoms with Crippen LogP contribution in [0.4, 0.5) is 0 Å². The first kappa shape index (κ1) is 15.8. The molecule has 21 heavy (non-hydrogen) atoms. The summed E-state index contributed by atoms with van der Waals surface area (Å²) >= 11 is 0. The summed E-state index contributed by atoms with van der Waals surface area (Å²) in [6, 6.07) is 8.10. The maximum absolute atomic E-state index is 12.4. The van der Waals surface area contributed by atoms with E-state index in [1.165, 1.54) is 5.56 Å². The predicted molar refractivity (Wildman–Crippen MR) is 84.6 cm³/mol. The van der Waals surface area contributed by atoms with Crippen molar-refractivity contribution in [3.63, 3.8) is 0 Å². The number of nitrogens with one attached hydrogen (secondary N) is 1. The van der Waals surface area contributed by atoms with E-state index >= 15 is 0 Å². The summed E-state index contributed by atoms with van der Waals surface area (Å²) in [7, 11) is 1.67. The van der Waals surface area contributed by atoms with Gasteiger partial charge in [-0.15, -0.1) is 0 Å². The van der Waals surface area contributed by atoms with Gasteiger partial charge in [-0.25, -0.2) is 0 Å². The first-order valence-electron chi connectivity index (χ1n) is 7.89. The smallest absolute Gasteiger partial charge is 0.239 e. The van der Waals surface area contributed by atoms with Gasteiger partial charge in [0.2, 0.25) is 5.91 Å². The third kappa shape index (κ3) is 4.46. The number of nitrogens with zero attached hydrogens (tertiary/aromatic N) is 1. The molecule has 1 aromatic carbocycles. The maximum atomic E-state index is 12.4. The third-order valence-corrected chi connectivity index (χ3v) is 4.00. The zero-order valence-corrected chi connectivity index (χ0v) is 13.1. The number of carbonyl (C=O) groups excluding carboxylic acids is 1. The Balaban J connectivity index is 1.84. The van der Waals surface area contributed by atoms with E-state index in [1.54, 1.807) is 7.11 Å². The van der Waals surface area contributed by atoms with Crippen LogP contribution in [0.3, 0.4) is 0 Å². The highest BCUT2D eigenvalue weighted by molar-refractivity contribution is 5.82. The van der Waals surface area contributed by atoms with E-state index in [-0.39, 0.29) is 11.9 Å². The molecule has 1 atom stereocenters. The second kappa shape index (κ2) is 8.03. The van der Waals surface area contributed by atoms with Crippen LogP contribution in [0.1, 0.15) is 31.7 Å². The van der Waals surface area contributed by atoms with Gasteiger partial charge in [-0.05, 0) is 49.9 Å². The minimum atomic E-state index is 0.0227. The summed E-state index contributed by atoms with van der Waals surface area (Å²) in [6.45, 7) is 4.74. The summed E-state index contributed by atoms with van der Waals surface area (Å²) in [6.07, 6.45) is 4.03. The standard InChI is InChI=1S/C17H26N2O2/c1-3-11-18-16-5-4-12-19(17(16)20)13-10-14-6-8-15(21-2)9-7-14/h6-9,16,18H,3-5,10-13H2,1-2H3. The summed E-state index contributed by atoms with van der Waals surface area (Å²) in [5.41, 5.74) is 1.24. The second-order valence-corrected chi connectivity index (χ2v) is 5.57. The highest BCUT2D eigenvalue weighted by Crippen LogP contribution is 2.15. The molecule has 1 N–H and O–H groups in total. The Morgan fingerprint density at radius 2 is 2.10 bits per heavy atom. The number of piperidine rings is 1. The lowest BCUT2D eigenvalue weighted by Gasteiger charge is -2.32. The van der Waals surface area contributed by atoms with Gasteiger partial charge in [0.25, 0.3) is 0 Å². The molecule has 1 heterocycles. The van der Waals surface area contributed by atoms with Crippen molar-refractivity contribution >= 4 is 5.91 Å². The number of methoxy groups -OCH3 is 1. The molecule has 1 amide bonds. The molecule has 1 saturated heterocycles. The Labute approximate surface area is 127 Å². The van der Waals surface area contributed by atoms with Gasteiger partial charge < -0.3 is 15.0 Å². The van der Waals surface area contributed by atoms with Crippen molar-refractivity contribution < 1.29 is 9.53 Å². The Hall–Kier alpha value is -1.55. The number of likely N-dealkylation sites (tertiary alicyclic amines) is 1. The van der Waals surface area contributed by atoms with Gasteiger partial charge >= 0.3 is 0 Å². The molecule has 4 heteroatoms. The van der Waals surface area contributed by atoms with Crippen molar-refractivity contribution in [2.75, 3.05) is 26.7 Å². The Bertz CT molecular complexity index is 445. The van der Waals surface area contributed by atoms with Gasteiger partial charge in [0.1, 0.15) is 5.75 Å². The van der Waals surface area contributed by atoms with Crippen LogP contribution in [0.25, 0.3) is 0 Å². The molecule has 116 valence electrons. The molecule has 1 aromatic rings. The van der Waals surface area contributed by atoms with Gasteiger partial charge in [0.15, 0.2) is 0 Å². The van der Waals surface area contributed by atoms with Gasteiger partial charge in [-0.3, -0.25) is 4.79 Å². The van der Waals surface area contributed by atoms with E-state index in [9.17, 15) is 4.79 Å². The molecule has 0 spiro atoms. The number of amides is 1. The second-order valence-electron chi connectivity index (χ2n) is 5.57. The first-order valence-corrected chi connectivity index (χ1v) is 7.89. The topological polar surface area (TPSA) is 41.6 Å². The highest BCUT2D eigenvalue weighted by Gasteiger charge is 2.27. The molecule has 4 nitrogen and oxygen atoms in total. The van der Waals surface area contributed by atoms with Crippen molar-refractivity contribution in [2.45, 2.75) is 38.6 Å². The lowest BCUT2D eigenvalue weighted by molar-refractivity contribution is -0.135.